The van der Waals surface area contributed by atoms with E-state index in [1.165, 1.54) is 32.1 Å². The summed E-state index contributed by atoms with van der Waals surface area (Å²) in [4.78, 5) is 0. The zero-order valence-electron chi connectivity index (χ0n) is 7.70. The van der Waals surface area contributed by atoms with Crippen molar-refractivity contribution in [3.05, 3.63) is 6.15 Å². The van der Waals surface area contributed by atoms with E-state index in [2.05, 4.69) is 0 Å². The molecule has 6 N–H and O–H groups in total. The Labute approximate surface area is 99.1 Å². The van der Waals surface area contributed by atoms with Crippen molar-refractivity contribution in [3.63, 3.8) is 0 Å². The van der Waals surface area contributed by atoms with E-state index in [0.717, 1.165) is 0 Å². The molecule has 0 aromatic rings. The molecule has 0 saturated heterocycles. The first kappa shape index (κ1) is 20.0. The maximum atomic E-state index is 8.74. The van der Waals surface area contributed by atoms with Crippen molar-refractivity contribution in [2.75, 3.05) is 0 Å². The van der Waals surface area contributed by atoms with Gasteiger partial charge in [-0.2, -0.15) is 8.42 Å². The molecule has 0 aliphatic heterocycles. The Hall–Kier alpha value is 0.478. The Kier molecular flexibility index (Phi) is 14.3. The molecule has 1 aliphatic rings. The van der Waals surface area contributed by atoms with Crippen LogP contribution >= 0.6 is 0 Å². The number of rotatable bonds is 0. The zero-order valence-corrected chi connectivity index (χ0v) is 10.8. The Morgan fingerprint density at radius 1 is 1.07 bits per heavy atom. The summed E-state index contributed by atoms with van der Waals surface area (Å²) < 4.78 is 31.6. The average molecular weight is 408 g/mol. The van der Waals surface area contributed by atoms with Gasteiger partial charge in [-0.3, -0.25) is 9.11 Å². The minimum absolute atomic E-state index is 0. The van der Waals surface area contributed by atoms with Crippen LogP contribution in [0.1, 0.15) is 32.1 Å². The normalized spacial score (nSPS) is 16.8. The van der Waals surface area contributed by atoms with Crippen molar-refractivity contribution in [1.82, 2.24) is 0 Å². The Bertz CT molecular complexity index is 196. The summed E-state index contributed by atoms with van der Waals surface area (Å²) in [5.41, 5.74) is 5.63. The third kappa shape index (κ3) is 22.9. The molecule has 0 amide bonds. The van der Waals surface area contributed by atoms with Gasteiger partial charge in [0.1, 0.15) is 0 Å². The van der Waals surface area contributed by atoms with Crippen LogP contribution < -0.4 is 5.73 Å². The van der Waals surface area contributed by atoms with Gasteiger partial charge in [0, 0.05) is 27.1 Å². The predicted molar refractivity (Wildman–Crippen MR) is 50.5 cm³/mol. The van der Waals surface area contributed by atoms with E-state index in [4.69, 9.17) is 23.3 Å². The second kappa shape index (κ2) is 10.0. The van der Waals surface area contributed by atoms with E-state index in [9.17, 15) is 0 Å². The zero-order chi connectivity index (χ0) is 9.61. The van der Waals surface area contributed by atoms with Gasteiger partial charge in [-0.05, 0) is 12.8 Å². The van der Waals surface area contributed by atoms with E-state index >= 15 is 0 Å². The summed E-state index contributed by atoms with van der Waals surface area (Å²) in [7, 11) is -4.67. The summed E-state index contributed by atoms with van der Waals surface area (Å²) in [6.45, 7) is 0. The third-order valence-electron chi connectivity index (χ3n) is 1.65. The van der Waals surface area contributed by atoms with E-state index in [-0.39, 0.29) is 27.2 Å². The largest absolute Gasteiger partial charge is 0.693 e. The molecular weight excluding hydrogens is 391 g/mol. The van der Waals surface area contributed by atoms with Crippen molar-refractivity contribution < 1.29 is 38.6 Å². The molecule has 0 radical (unpaired) electrons. The first-order chi connectivity index (χ1) is 5.39. The number of hydrogen-bond donors (Lipinski definition) is 3. The summed E-state index contributed by atoms with van der Waals surface area (Å²) in [5, 5.41) is 0. The minimum atomic E-state index is -4.67. The van der Waals surface area contributed by atoms with Gasteiger partial charge in [0.25, 0.3) is 0 Å². The van der Waals surface area contributed by atoms with Gasteiger partial charge < -0.3 is 11.9 Å². The van der Waals surface area contributed by atoms with Crippen LogP contribution in [0.15, 0.2) is 0 Å². The van der Waals surface area contributed by atoms with Gasteiger partial charge in [0.05, 0.1) is 0 Å². The predicted octanol–water partition coefficient (Wildman–Crippen LogP) is 1.34. The molecule has 0 aromatic heterocycles. The molecule has 14 heavy (non-hydrogen) atoms. The van der Waals surface area contributed by atoms with Crippen molar-refractivity contribution in [1.29, 1.82) is 0 Å². The fraction of sp³-hybridized carbons (Fsp3) is 1.00. The summed E-state index contributed by atoms with van der Waals surface area (Å²) >= 11 is 0. The van der Waals surface area contributed by atoms with Gasteiger partial charge in [0.2, 0.25) is 0 Å². The molecule has 1 rings (SSSR count). The smallest absolute Gasteiger partial charge is 0.394 e. The molecular formula is C6H17N2O4PtS-. The molecule has 0 heterocycles. The van der Waals surface area contributed by atoms with Crippen molar-refractivity contribution in [3.8, 4) is 0 Å². The second-order valence-electron chi connectivity index (χ2n) is 2.85. The van der Waals surface area contributed by atoms with Crippen LogP contribution in [0.3, 0.4) is 0 Å². The van der Waals surface area contributed by atoms with Crippen LogP contribution in [0.4, 0.5) is 0 Å². The van der Waals surface area contributed by atoms with Crippen LogP contribution in [0.5, 0.6) is 0 Å². The Morgan fingerprint density at radius 3 is 1.50 bits per heavy atom. The molecule has 0 aromatic carbocycles. The summed E-state index contributed by atoms with van der Waals surface area (Å²) in [6, 6.07) is 0.536. The molecule has 0 spiro atoms. The van der Waals surface area contributed by atoms with E-state index < -0.39 is 10.4 Å². The molecule has 1 saturated carbocycles. The molecule has 92 valence electrons. The first-order valence-electron chi connectivity index (χ1n) is 3.85. The molecule has 1 aliphatic carbocycles. The average Bonchev–Trinajstić information content (AvgIpc) is 1.85. The summed E-state index contributed by atoms with van der Waals surface area (Å²) in [5.74, 6) is 0. The van der Waals surface area contributed by atoms with Gasteiger partial charge in [-0.25, -0.2) is 0 Å². The molecule has 6 nitrogen and oxygen atoms in total. The molecule has 8 heteroatoms. The molecule has 0 atom stereocenters. The molecule has 0 bridgehead atoms. The van der Waals surface area contributed by atoms with Crippen molar-refractivity contribution >= 4 is 10.4 Å². The van der Waals surface area contributed by atoms with Crippen LogP contribution in [-0.2, 0) is 31.5 Å². The van der Waals surface area contributed by atoms with Crippen molar-refractivity contribution in [2.45, 2.75) is 38.1 Å². The number of hydrogen-bond acceptors (Lipinski definition) is 3. The standard InChI is InChI=1S/C6H13N.H2N.H2O4S.Pt/c7-6-4-2-1-3-5-6;;1-5(2,3)4;/h6H,1-5,7H2;1H2;(H2,1,2,3,4);/q;-1;;. The molecule has 1 fully saturated rings. The Morgan fingerprint density at radius 2 is 1.36 bits per heavy atom. The molecule has 0 unspecified atom stereocenters. The fourth-order valence-corrected chi connectivity index (χ4v) is 1.13. The van der Waals surface area contributed by atoms with Crippen LogP contribution in [0.2, 0.25) is 0 Å². The van der Waals surface area contributed by atoms with Crippen LogP contribution in [0.25, 0.3) is 6.15 Å². The van der Waals surface area contributed by atoms with Crippen LogP contribution in [-0.4, -0.2) is 23.6 Å². The minimum Gasteiger partial charge on any atom is -0.693 e. The van der Waals surface area contributed by atoms with Gasteiger partial charge in [0.15, 0.2) is 0 Å². The SMILES string of the molecule is NC1CCCCC1.O=S(=O)(O)O.[NH2-].[Pt]. The number of nitrogens with two attached hydrogens (primary N) is 2. The van der Waals surface area contributed by atoms with E-state index in [0.29, 0.717) is 6.04 Å². The van der Waals surface area contributed by atoms with E-state index in [1.54, 1.807) is 0 Å². The van der Waals surface area contributed by atoms with Crippen LogP contribution in [0, 0.1) is 0 Å². The van der Waals surface area contributed by atoms with Crippen molar-refractivity contribution in [2.24, 2.45) is 5.73 Å². The van der Waals surface area contributed by atoms with E-state index in [1.807, 2.05) is 0 Å². The summed E-state index contributed by atoms with van der Waals surface area (Å²) in [6.07, 6.45) is 6.66. The van der Waals surface area contributed by atoms with Gasteiger partial charge in [-0.1, -0.05) is 19.3 Å². The second-order valence-corrected chi connectivity index (χ2v) is 3.74. The third-order valence-corrected chi connectivity index (χ3v) is 1.65. The van der Waals surface area contributed by atoms with Gasteiger partial charge in [-0.15, -0.1) is 0 Å². The topological polar surface area (TPSA) is 134 Å². The quantitative estimate of drug-likeness (QED) is 0.520. The first-order valence-corrected chi connectivity index (χ1v) is 5.25. The maximum Gasteiger partial charge on any atom is 0.394 e. The fourth-order valence-electron chi connectivity index (χ4n) is 1.13. The Balaban J connectivity index is -0.000000159. The monoisotopic (exact) mass is 408 g/mol. The maximum absolute atomic E-state index is 8.74. The van der Waals surface area contributed by atoms with Gasteiger partial charge >= 0.3 is 10.4 Å².